The monoisotopic (exact) mass is 350 g/mol. The standard InChI is InChI=1S/C19H22N6O/c1-3-24(4-2)17-12-10-16(11-13-17)20-18(26)14-25-22-19(21-23-25)15-8-6-5-7-9-15/h5-13H,3-4,14H2,1-2H3,(H,20,26). The molecule has 0 aliphatic rings. The molecule has 3 aromatic rings. The minimum Gasteiger partial charge on any atom is -0.372 e. The van der Waals surface area contributed by atoms with Crippen LogP contribution in [0, 0.1) is 0 Å². The van der Waals surface area contributed by atoms with Crippen molar-refractivity contribution in [2.45, 2.75) is 20.4 Å². The van der Waals surface area contributed by atoms with Gasteiger partial charge in [0, 0.05) is 30.0 Å². The van der Waals surface area contributed by atoms with Gasteiger partial charge in [-0.05, 0) is 43.3 Å². The summed E-state index contributed by atoms with van der Waals surface area (Å²) in [5.41, 5.74) is 2.75. The summed E-state index contributed by atoms with van der Waals surface area (Å²) in [4.78, 5) is 15.7. The van der Waals surface area contributed by atoms with E-state index in [2.05, 4.69) is 39.5 Å². The smallest absolute Gasteiger partial charge is 0.248 e. The highest BCUT2D eigenvalue weighted by Gasteiger charge is 2.10. The number of amides is 1. The molecule has 0 saturated carbocycles. The zero-order valence-corrected chi connectivity index (χ0v) is 15.0. The fourth-order valence-corrected chi connectivity index (χ4v) is 2.69. The number of hydrogen-bond acceptors (Lipinski definition) is 5. The fraction of sp³-hybridized carbons (Fsp3) is 0.263. The number of carbonyl (C=O) groups is 1. The molecule has 7 heteroatoms. The van der Waals surface area contributed by atoms with E-state index in [0.29, 0.717) is 5.82 Å². The van der Waals surface area contributed by atoms with Crippen LogP contribution in [0.3, 0.4) is 0 Å². The predicted molar refractivity (Wildman–Crippen MR) is 102 cm³/mol. The summed E-state index contributed by atoms with van der Waals surface area (Å²) < 4.78 is 0. The van der Waals surface area contributed by atoms with Gasteiger partial charge in [-0.1, -0.05) is 30.3 Å². The first kappa shape index (κ1) is 17.6. The normalized spacial score (nSPS) is 10.5. The quantitative estimate of drug-likeness (QED) is 0.709. The first-order valence-corrected chi connectivity index (χ1v) is 8.67. The second-order valence-electron chi connectivity index (χ2n) is 5.78. The minimum atomic E-state index is -0.197. The molecule has 0 fully saturated rings. The van der Waals surface area contributed by atoms with E-state index >= 15 is 0 Å². The van der Waals surface area contributed by atoms with Crippen LogP contribution in [-0.4, -0.2) is 39.2 Å². The molecule has 0 radical (unpaired) electrons. The van der Waals surface area contributed by atoms with E-state index in [1.54, 1.807) is 0 Å². The van der Waals surface area contributed by atoms with Crippen molar-refractivity contribution in [2.24, 2.45) is 0 Å². The molecular weight excluding hydrogens is 328 g/mol. The molecule has 26 heavy (non-hydrogen) atoms. The maximum atomic E-state index is 12.2. The van der Waals surface area contributed by atoms with Gasteiger partial charge >= 0.3 is 0 Å². The van der Waals surface area contributed by atoms with Crippen molar-refractivity contribution in [3.05, 3.63) is 54.6 Å². The third-order valence-electron chi connectivity index (χ3n) is 4.05. The largest absolute Gasteiger partial charge is 0.372 e. The first-order chi connectivity index (χ1) is 12.7. The van der Waals surface area contributed by atoms with Gasteiger partial charge in [0.05, 0.1) is 0 Å². The minimum absolute atomic E-state index is 0.0115. The molecule has 0 saturated heterocycles. The van der Waals surface area contributed by atoms with Crippen LogP contribution in [0.5, 0.6) is 0 Å². The zero-order chi connectivity index (χ0) is 18.4. The molecule has 1 amide bonds. The third kappa shape index (κ3) is 4.24. The third-order valence-corrected chi connectivity index (χ3v) is 4.05. The lowest BCUT2D eigenvalue weighted by atomic mass is 10.2. The van der Waals surface area contributed by atoms with Gasteiger partial charge in [0.2, 0.25) is 11.7 Å². The van der Waals surface area contributed by atoms with Crippen LogP contribution >= 0.6 is 0 Å². The Morgan fingerprint density at radius 1 is 1.04 bits per heavy atom. The molecule has 0 aliphatic carbocycles. The average molecular weight is 350 g/mol. The van der Waals surface area contributed by atoms with Gasteiger partial charge in [-0.25, -0.2) is 0 Å². The molecule has 0 unspecified atom stereocenters. The molecule has 0 bridgehead atoms. The summed E-state index contributed by atoms with van der Waals surface area (Å²) >= 11 is 0. The molecule has 2 aromatic carbocycles. The number of anilines is 2. The predicted octanol–water partition coefficient (Wildman–Crippen LogP) is 2.83. The number of carbonyl (C=O) groups excluding carboxylic acids is 1. The summed E-state index contributed by atoms with van der Waals surface area (Å²) in [5, 5.41) is 15.0. The maximum Gasteiger partial charge on any atom is 0.248 e. The Labute approximate surface area is 152 Å². The summed E-state index contributed by atoms with van der Waals surface area (Å²) in [6, 6.07) is 17.3. The van der Waals surface area contributed by atoms with E-state index in [0.717, 1.165) is 30.0 Å². The van der Waals surface area contributed by atoms with Crippen molar-refractivity contribution in [1.29, 1.82) is 0 Å². The van der Waals surface area contributed by atoms with Crippen molar-refractivity contribution in [1.82, 2.24) is 20.2 Å². The van der Waals surface area contributed by atoms with Crippen LogP contribution in [0.1, 0.15) is 13.8 Å². The van der Waals surface area contributed by atoms with Gasteiger partial charge < -0.3 is 10.2 Å². The molecule has 0 atom stereocenters. The van der Waals surface area contributed by atoms with E-state index < -0.39 is 0 Å². The van der Waals surface area contributed by atoms with Gasteiger partial charge in [0.1, 0.15) is 6.54 Å². The lowest BCUT2D eigenvalue weighted by Crippen LogP contribution is -2.22. The Balaban J connectivity index is 1.60. The molecule has 7 nitrogen and oxygen atoms in total. The number of benzene rings is 2. The van der Waals surface area contributed by atoms with Crippen molar-refractivity contribution in [3.8, 4) is 11.4 Å². The fourth-order valence-electron chi connectivity index (χ4n) is 2.69. The van der Waals surface area contributed by atoms with E-state index in [1.165, 1.54) is 4.80 Å². The molecule has 134 valence electrons. The van der Waals surface area contributed by atoms with Gasteiger partial charge in [-0.15, -0.1) is 10.2 Å². The van der Waals surface area contributed by atoms with Crippen LogP contribution < -0.4 is 10.2 Å². The summed E-state index contributed by atoms with van der Waals surface area (Å²) in [7, 11) is 0. The summed E-state index contributed by atoms with van der Waals surface area (Å²) in [5.74, 6) is 0.305. The number of aromatic nitrogens is 4. The highest BCUT2D eigenvalue weighted by atomic mass is 16.2. The lowest BCUT2D eigenvalue weighted by Gasteiger charge is -2.21. The van der Waals surface area contributed by atoms with Crippen molar-refractivity contribution in [2.75, 3.05) is 23.3 Å². The maximum absolute atomic E-state index is 12.2. The SMILES string of the molecule is CCN(CC)c1ccc(NC(=O)Cn2nnc(-c3ccccc3)n2)cc1. The van der Waals surface area contributed by atoms with Crippen LogP contribution in [0.4, 0.5) is 11.4 Å². The molecular formula is C19H22N6O. The lowest BCUT2D eigenvalue weighted by molar-refractivity contribution is -0.117. The van der Waals surface area contributed by atoms with E-state index in [9.17, 15) is 4.79 Å². The average Bonchev–Trinajstić information content (AvgIpc) is 3.13. The van der Waals surface area contributed by atoms with Crippen LogP contribution in [0.2, 0.25) is 0 Å². The number of tetrazole rings is 1. The van der Waals surface area contributed by atoms with E-state index in [1.807, 2.05) is 54.6 Å². The zero-order valence-electron chi connectivity index (χ0n) is 15.0. The topological polar surface area (TPSA) is 75.9 Å². The number of rotatable bonds is 7. The summed E-state index contributed by atoms with van der Waals surface area (Å²) in [6.07, 6.45) is 0. The summed E-state index contributed by atoms with van der Waals surface area (Å²) in [6.45, 7) is 6.15. The first-order valence-electron chi connectivity index (χ1n) is 8.67. The van der Waals surface area contributed by atoms with Gasteiger partial charge in [-0.2, -0.15) is 4.80 Å². The van der Waals surface area contributed by atoms with E-state index in [-0.39, 0.29) is 12.5 Å². The van der Waals surface area contributed by atoms with Gasteiger partial charge in [-0.3, -0.25) is 4.79 Å². The van der Waals surface area contributed by atoms with E-state index in [4.69, 9.17) is 0 Å². The molecule has 1 N–H and O–H groups in total. The van der Waals surface area contributed by atoms with Gasteiger partial charge in [0.25, 0.3) is 0 Å². The van der Waals surface area contributed by atoms with Gasteiger partial charge in [0.15, 0.2) is 0 Å². The highest BCUT2D eigenvalue weighted by Crippen LogP contribution is 2.17. The second kappa shape index (κ2) is 8.24. The van der Waals surface area contributed by atoms with Crippen molar-refractivity contribution in [3.63, 3.8) is 0 Å². The second-order valence-corrected chi connectivity index (χ2v) is 5.78. The Bertz CT molecular complexity index is 840. The van der Waals surface area contributed by atoms with Crippen LogP contribution in [-0.2, 0) is 11.3 Å². The van der Waals surface area contributed by atoms with Crippen molar-refractivity contribution >= 4 is 17.3 Å². The Morgan fingerprint density at radius 2 is 1.73 bits per heavy atom. The van der Waals surface area contributed by atoms with Crippen LogP contribution in [0.25, 0.3) is 11.4 Å². The Hall–Kier alpha value is -3.22. The highest BCUT2D eigenvalue weighted by molar-refractivity contribution is 5.90. The Kier molecular flexibility index (Phi) is 5.58. The molecule has 1 heterocycles. The molecule has 1 aromatic heterocycles. The number of nitrogens with zero attached hydrogens (tertiary/aromatic N) is 5. The molecule has 0 aliphatic heterocycles. The molecule has 3 rings (SSSR count). The number of hydrogen-bond donors (Lipinski definition) is 1. The number of nitrogens with one attached hydrogen (secondary N) is 1. The Morgan fingerprint density at radius 3 is 2.38 bits per heavy atom. The molecule has 0 spiro atoms. The van der Waals surface area contributed by atoms with Crippen molar-refractivity contribution < 1.29 is 4.79 Å². The van der Waals surface area contributed by atoms with Crippen LogP contribution in [0.15, 0.2) is 54.6 Å².